The van der Waals surface area contributed by atoms with Crippen molar-refractivity contribution in [2.75, 3.05) is 13.3 Å². The van der Waals surface area contributed by atoms with Crippen molar-refractivity contribution in [3.05, 3.63) is 35.9 Å². The zero-order valence-corrected chi connectivity index (χ0v) is 11.0. The molecule has 1 fully saturated rings. The topological polar surface area (TPSA) is 76.1 Å². The molecule has 1 atom stereocenters. The van der Waals surface area contributed by atoms with E-state index in [0.29, 0.717) is 26.0 Å². The van der Waals surface area contributed by atoms with E-state index in [2.05, 4.69) is 0 Å². The fourth-order valence-corrected chi connectivity index (χ4v) is 2.17. The van der Waals surface area contributed by atoms with Gasteiger partial charge in [-0.25, -0.2) is 9.59 Å². The third kappa shape index (κ3) is 3.71. The zero-order valence-electron chi connectivity index (χ0n) is 11.0. The Hall–Kier alpha value is -2.08. The van der Waals surface area contributed by atoms with Crippen LogP contribution in [0, 0.1) is 0 Å². The van der Waals surface area contributed by atoms with Gasteiger partial charge in [-0.15, -0.1) is 0 Å². The van der Waals surface area contributed by atoms with Crippen LogP contribution in [-0.4, -0.2) is 41.4 Å². The van der Waals surface area contributed by atoms with Gasteiger partial charge in [-0.3, -0.25) is 4.90 Å². The lowest BCUT2D eigenvalue weighted by molar-refractivity contribution is -0.162. The standard InChI is InChI=1S/C14H17NO5/c16-13(12-7-4-8-15(12)14(17)18)20-10-19-9-11-5-2-1-3-6-11/h1-3,5-6,12H,4,7-10H2,(H,17,18). The number of likely N-dealkylation sites (tertiary alicyclic amines) is 1. The molecule has 0 aliphatic carbocycles. The van der Waals surface area contributed by atoms with Crippen molar-refractivity contribution in [1.82, 2.24) is 4.90 Å². The second-order valence-corrected chi connectivity index (χ2v) is 4.55. The van der Waals surface area contributed by atoms with Crippen molar-refractivity contribution in [3.8, 4) is 0 Å². The van der Waals surface area contributed by atoms with Gasteiger partial charge in [0.25, 0.3) is 0 Å². The fourth-order valence-electron chi connectivity index (χ4n) is 2.17. The molecule has 0 radical (unpaired) electrons. The minimum absolute atomic E-state index is 0.169. The van der Waals surface area contributed by atoms with Gasteiger partial charge < -0.3 is 14.6 Å². The first-order valence-corrected chi connectivity index (χ1v) is 6.46. The summed E-state index contributed by atoms with van der Waals surface area (Å²) in [4.78, 5) is 23.8. The molecule has 6 nitrogen and oxygen atoms in total. The molecule has 0 saturated carbocycles. The first kappa shape index (κ1) is 14.3. The van der Waals surface area contributed by atoms with Gasteiger partial charge >= 0.3 is 12.1 Å². The van der Waals surface area contributed by atoms with Crippen molar-refractivity contribution in [1.29, 1.82) is 0 Å². The molecule has 1 aromatic rings. The van der Waals surface area contributed by atoms with E-state index < -0.39 is 18.1 Å². The maximum absolute atomic E-state index is 11.8. The van der Waals surface area contributed by atoms with E-state index in [1.165, 1.54) is 0 Å². The SMILES string of the molecule is O=C(OCOCc1ccccc1)C1CCCN1C(=O)O. The van der Waals surface area contributed by atoms with E-state index in [-0.39, 0.29) is 6.79 Å². The van der Waals surface area contributed by atoms with Gasteiger partial charge in [0, 0.05) is 6.54 Å². The summed E-state index contributed by atoms with van der Waals surface area (Å²) in [6.07, 6.45) is 0.0930. The van der Waals surface area contributed by atoms with Crippen LogP contribution >= 0.6 is 0 Å². The molecule has 1 amide bonds. The highest BCUT2D eigenvalue weighted by atomic mass is 16.7. The smallest absolute Gasteiger partial charge is 0.408 e. The molecule has 0 aromatic heterocycles. The lowest BCUT2D eigenvalue weighted by Crippen LogP contribution is -2.40. The predicted molar refractivity (Wildman–Crippen MR) is 69.9 cm³/mol. The van der Waals surface area contributed by atoms with Gasteiger partial charge in [-0.1, -0.05) is 30.3 Å². The van der Waals surface area contributed by atoms with Gasteiger partial charge in [0.1, 0.15) is 6.04 Å². The van der Waals surface area contributed by atoms with Crippen molar-refractivity contribution in [2.45, 2.75) is 25.5 Å². The molecule has 108 valence electrons. The van der Waals surface area contributed by atoms with E-state index in [1.807, 2.05) is 30.3 Å². The lowest BCUT2D eigenvalue weighted by Gasteiger charge is -2.19. The van der Waals surface area contributed by atoms with Crippen LogP contribution in [0.25, 0.3) is 0 Å². The average Bonchev–Trinajstić information content (AvgIpc) is 2.94. The van der Waals surface area contributed by atoms with E-state index in [9.17, 15) is 9.59 Å². The molecule has 1 saturated heterocycles. The van der Waals surface area contributed by atoms with Gasteiger partial charge in [0.2, 0.25) is 0 Å². The van der Waals surface area contributed by atoms with Crippen molar-refractivity contribution in [3.63, 3.8) is 0 Å². The summed E-state index contributed by atoms with van der Waals surface area (Å²) in [5.74, 6) is -0.544. The van der Waals surface area contributed by atoms with Crippen LogP contribution in [0.1, 0.15) is 18.4 Å². The molecule has 0 bridgehead atoms. The monoisotopic (exact) mass is 279 g/mol. The largest absolute Gasteiger partial charge is 0.465 e. The molecular formula is C14H17NO5. The summed E-state index contributed by atoms with van der Waals surface area (Å²) in [6.45, 7) is 0.555. The van der Waals surface area contributed by atoms with Crippen molar-refractivity contribution >= 4 is 12.1 Å². The Morgan fingerprint density at radius 2 is 2.05 bits per heavy atom. The second-order valence-electron chi connectivity index (χ2n) is 4.55. The Bertz CT molecular complexity index is 462. The first-order valence-electron chi connectivity index (χ1n) is 6.46. The molecule has 1 aromatic carbocycles. The number of benzene rings is 1. The number of carbonyl (C=O) groups excluding carboxylic acids is 1. The highest BCUT2D eigenvalue weighted by Crippen LogP contribution is 2.18. The Morgan fingerprint density at radius 3 is 2.75 bits per heavy atom. The number of esters is 1. The zero-order chi connectivity index (χ0) is 14.4. The summed E-state index contributed by atoms with van der Waals surface area (Å²) >= 11 is 0. The van der Waals surface area contributed by atoms with Crippen molar-refractivity contribution in [2.24, 2.45) is 0 Å². The van der Waals surface area contributed by atoms with Crippen LogP contribution in [0.2, 0.25) is 0 Å². The summed E-state index contributed by atoms with van der Waals surface area (Å²) in [7, 11) is 0. The Balaban J connectivity index is 1.71. The number of rotatable bonds is 5. The van der Waals surface area contributed by atoms with Crippen LogP contribution in [0.4, 0.5) is 4.79 Å². The molecule has 2 rings (SSSR count). The second kappa shape index (κ2) is 6.91. The lowest BCUT2D eigenvalue weighted by atomic mass is 10.2. The van der Waals surface area contributed by atoms with Crippen LogP contribution in [0.5, 0.6) is 0 Å². The molecule has 0 spiro atoms. The average molecular weight is 279 g/mol. The Morgan fingerprint density at radius 1 is 1.30 bits per heavy atom. The van der Waals surface area contributed by atoms with Gasteiger partial charge in [0.15, 0.2) is 6.79 Å². The van der Waals surface area contributed by atoms with Crippen LogP contribution in [0.3, 0.4) is 0 Å². The third-order valence-electron chi connectivity index (χ3n) is 3.17. The highest BCUT2D eigenvalue weighted by molar-refractivity contribution is 5.81. The number of hydrogen-bond acceptors (Lipinski definition) is 4. The van der Waals surface area contributed by atoms with Crippen LogP contribution in [-0.2, 0) is 20.9 Å². The predicted octanol–water partition coefficient (Wildman–Crippen LogP) is 1.85. The Kier molecular flexibility index (Phi) is 4.95. The molecule has 1 heterocycles. The molecule has 1 aliphatic heterocycles. The quantitative estimate of drug-likeness (QED) is 0.505. The summed E-state index contributed by atoms with van der Waals surface area (Å²) < 4.78 is 10.2. The maximum atomic E-state index is 11.8. The van der Waals surface area contributed by atoms with E-state index >= 15 is 0 Å². The molecule has 1 unspecified atom stereocenters. The summed E-state index contributed by atoms with van der Waals surface area (Å²) in [5.41, 5.74) is 0.983. The highest BCUT2D eigenvalue weighted by Gasteiger charge is 2.35. The van der Waals surface area contributed by atoms with Gasteiger partial charge in [0.05, 0.1) is 6.61 Å². The molecule has 20 heavy (non-hydrogen) atoms. The van der Waals surface area contributed by atoms with E-state index in [0.717, 1.165) is 10.5 Å². The normalized spacial score (nSPS) is 18.0. The minimum atomic E-state index is -1.09. The fraction of sp³-hybridized carbons (Fsp3) is 0.429. The van der Waals surface area contributed by atoms with Gasteiger partial charge in [-0.2, -0.15) is 0 Å². The number of carboxylic acid groups (broad SMARTS) is 1. The molecule has 6 heteroatoms. The molecule has 1 aliphatic rings. The van der Waals surface area contributed by atoms with E-state index in [1.54, 1.807) is 0 Å². The first-order chi connectivity index (χ1) is 9.68. The Labute approximate surface area is 116 Å². The number of amides is 1. The minimum Gasteiger partial charge on any atom is -0.465 e. The van der Waals surface area contributed by atoms with Crippen molar-refractivity contribution < 1.29 is 24.2 Å². The molecule has 1 N–H and O–H groups in total. The van der Waals surface area contributed by atoms with Crippen LogP contribution < -0.4 is 0 Å². The summed E-state index contributed by atoms with van der Waals surface area (Å²) in [6, 6.07) is 8.81. The van der Waals surface area contributed by atoms with Gasteiger partial charge in [-0.05, 0) is 18.4 Å². The third-order valence-corrected chi connectivity index (χ3v) is 3.17. The number of nitrogens with zero attached hydrogens (tertiary/aromatic N) is 1. The number of carbonyl (C=O) groups is 2. The summed E-state index contributed by atoms with van der Waals surface area (Å²) in [5, 5.41) is 8.94. The molecular weight excluding hydrogens is 262 g/mol. The number of ether oxygens (including phenoxy) is 2. The van der Waals surface area contributed by atoms with E-state index in [4.69, 9.17) is 14.6 Å². The van der Waals surface area contributed by atoms with Crippen LogP contribution in [0.15, 0.2) is 30.3 Å². The maximum Gasteiger partial charge on any atom is 0.408 e. The number of hydrogen-bond donors (Lipinski definition) is 1.